The molecule has 2 aromatic carbocycles. The molecule has 0 bridgehead atoms. The van der Waals surface area contributed by atoms with Crippen LogP contribution >= 0.6 is 0 Å². The van der Waals surface area contributed by atoms with Crippen LogP contribution in [0, 0.1) is 13.8 Å². The zero-order valence-corrected chi connectivity index (χ0v) is 11.8. The van der Waals surface area contributed by atoms with Crippen molar-refractivity contribution in [2.75, 3.05) is 0 Å². The molecule has 0 saturated carbocycles. The van der Waals surface area contributed by atoms with E-state index in [1.54, 1.807) is 0 Å². The fraction of sp³-hybridized carbons (Fsp3) is 0.105. The highest BCUT2D eigenvalue weighted by Gasteiger charge is 2.03. The second kappa shape index (κ2) is 5.30. The van der Waals surface area contributed by atoms with E-state index in [0.717, 1.165) is 17.0 Å². The molecule has 0 amide bonds. The fourth-order valence-corrected chi connectivity index (χ4v) is 2.48. The fourth-order valence-electron chi connectivity index (χ4n) is 2.48. The summed E-state index contributed by atoms with van der Waals surface area (Å²) in [5.74, 6) is 0. The SMILES string of the molecule is Cc1cc(C)nc(-c2cccc(-c3ccccc3)c2)c1. The van der Waals surface area contributed by atoms with E-state index in [1.807, 2.05) is 13.0 Å². The van der Waals surface area contributed by atoms with Gasteiger partial charge in [-0.2, -0.15) is 0 Å². The minimum absolute atomic E-state index is 1.04. The number of aromatic nitrogens is 1. The molecule has 0 fully saturated rings. The van der Waals surface area contributed by atoms with Crippen molar-refractivity contribution >= 4 is 0 Å². The first kappa shape index (κ1) is 12.6. The average Bonchev–Trinajstić information content (AvgIpc) is 2.47. The van der Waals surface area contributed by atoms with Gasteiger partial charge in [-0.1, -0.05) is 48.5 Å². The highest BCUT2D eigenvalue weighted by molar-refractivity contribution is 5.71. The summed E-state index contributed by atoms with van der Waals surface area (Å²) < 4.78 is 0. The summed E-state index contributed by atoms with van der Waals surface area (Å²) >= 11 is 0. The lowest BCUT2D eigenvalue weighted by Crippen LogP contribution is -1.89. The lowest BCUT2D eigenvalue weighted by molar-refractivity contribution is 1.18. The lowest BCUT2D eigenvalue weighted by atomic mass is 10.0. The van der Waals surface area contributed by atoms with Gasteiger partial charge in [0, 0.05) is 11.3 Å². The highest BCUT2D eigenvalue weighted by Crippen LogP contribution is 2.25. The molecule has 1 heteroatoms. The molecular formula is C19H17N. The van der Waals surface area contributed by atoms with E-state index < -0.39 is 0 Å². The van der Waals surface area contributed by atoms with Crippen LogP contribution in [0.2, 0.25) is 0 Å². The van der Waals surface area contributed by atoms with Gasteiger partial charge in [-0.05, 0) is 48.7 Å². The maximum absolute atomic E-state index is 4.64. The summed E-state index contributed by atoms with van der Waals surface area (Å²) in [5.41, 5.74) is 6.98. The van der Waals surface area contributed by atoms with Crippen molar-refractivity contribution in [2.45, 2.75) is 13.8 Å². The molecule has 98 valence electrons. The van der Waals surface area contributed by atoms with Crippen molar-refractivity contribution in [3.05, 3.63) is 78.0 Å². The van der Waals surface area contributed by atoms with Gasteiger partial charge in [0.25, 0.3) is 0 Å². The predicted octanol–water partition coefficient (Wildman–Crippen LogP) is 5.03. The standard InChI is InChI=1S/C19H17N/c1-14-11-15(2)20-19(12-14)18-10-6-9-17(13-18)16-7-4-3-5-8-16/h3-13H,1-2H3. The van der Waals surface area contributed by atoms with E-state index >= 15 is 0 Å². The highest BCUT2D eigenvalue weighted by atomic mass is 14.7. The number of benzene rings is 2. The molecule has 1 heterocycles. The van der Waals surface area contributed by atoms with E-state index in [1.165, 1.54) is 16.7 Å². The van der Waals surface area contributed by atoms with E-state index in [-0.39, 0.29) is 0 Å². The van der Waals surface area contributed by atoms with Crippen LogP contribution in [-0.4, -0.2) is 4.98 Å². The van der Waals surface area contributed by atoms with Gasteiger partial charge >= 0.3 is 0 Å². The summed E-state index contributed by atoms with van der Waals surface area (Å²) in [6.07, 6.45) is 0. The van der Waals surface area contributed by atoms with Gasteiger partial charge in [-0.3, -0.25) is 4.98 Å². The second-order valence-electron chi connectivity index (χ2n) is 5.12. The van der Waals surface area contributed by atoms with E-state index in [0.29, 0.717) is 0 Å². The molecule has 20 heavy (non-hydrogen) atoms. The van der Waals surface area contributed by atoms with Gasteiger partial charge in [0.1, 0.15) is 0 Å². The van der Waals surface area contributed by atoms with Crippen LogP contribution in [-0.2, 0) is 0 Å². The summed E-state index contributed by atoms with van der Waals surface area (Å²) in [4.78, 5) is 4.64. The molecule has 0 N–H and O–H groups in total. The summed E-state index contributed by atoms with van der Waals surface area (Å²) in [7, 11) is 0. The number of nitrogens with zero attached hydrogens (tertiary/aromatic N) is 1. The lowest BCUT2D eigenvalue weighted by Gasteiger charge is -2.07. The number of pyridine rings is 1. The summed E-state index contributed by atoms with van der Waals surface area (Å²) in [6.45, 7) is 4.15. The Morgan fingerprint density at radius 2 is 1.35 bits per heavy atom. The summed E-state index contributed by atoms with van der Waals surface area (Å²) in [5, 5.41) is 0. The molecule has 0 aliphatic carbocycles. The van der Waals surface area contributed by atoms with Crippen LogP contribution in [0.15, 0.2) is 66.7 Å². The van der Waals surface area contributed by atoms with Crippen LogP contribution in [0.5, 0.6) is 0 Å². The molecule has 0 aliphatic heterocycles. The van der Waals surface area contributed by atoms with Crippen LogP contribution in [0.3, 0.4) is 0 Å². The number of hydrogen-bond acceptors (Lipinski definition) is 1. The Morgan fingerprint density at radius 1 is 0.650 bits per heavy atom. The molecule has 0 saturated heterocycles. The molecule has 1 aromatic heterocycles. The summed E-state index contributed by atoms with van der Waals surface area (Å²) in [6, 6.07) is 23.2. The number of rotatable bonds is 2. The van der Waals surface area contributed by atoms with E-state index in [4.69, 9.17) is 0 Å². The maximum Gasteiger partial charge on any atom is 0.0708 e. The smallest absolute Gasteiger partial charge is 0.0708 e. The number of hydrogen-bond donors (Lipinski definition) is 0. The Balaban J connectivity index is 2.07. The van der Waals surface area contributed by atoms with Crippen LogP contribution in [0.1, 0.15) is 11.3 Å². The molecule has 0 radical (unpaired) electrons. The first-order chi connectivity index (χ1) is 9.72. The average molecular weight is 259 g/mol. The maximum atomic E-state index is 4.64. The predicted molar refractivity (Wildman–Crippen MR) is 84.6 cm³/mol. The van der Waals surface area contributed by atoms with Crippen LogP contribution in [0.25, 0.3) is 22.4 Å². The largest absolute Gasteiger partial charge is 0.253 e. The minimum Gasteiger partial charge on any atom is -0.253 e. The Kier molecular flexibility index (Phi) is 3.34. The quantitative estimate of drug-likeness (QED) is 0.628. The van der Waals surface area contributed by atoms with Crippen molar-refractivity contribution in [1.82, 2.24) is 4.98 Å². The first-order valence-corrected chi connectivity index (χ1v) is 6.83. The van der Waals surface area contributed by atoms with Gasteiger partial charge in [0.15, 0.2) is 0 Å². The molecule has 0 unspecified atom stereocenters. The molecule has 3 rings (SSSR count). The second-order valence-corrected chi connectivity index (χ2v) is 5.12. The third-order valence-electron chi connectivity index (χ3n) is 3.36. The Hall–Kier alpha value is -2.41. The van der Waals surface area contributed by atoms with Crippen molar-refractivity contribution < 1.29 is 0 Å². The molecule has 0 spiro atoms. The van der Waals surface area contributed by atoms with Crippen molar-refractivity contribution in [3.63, 3.8) is 0 Å². The Morgan fingerprint density at radius 3 is 2.10 bits per heavy atom. The molecular weight excluding hydrogens is 242 g/mol. The first-order valence-electron chi connectivity index (χ1n) is 6.83. The van der Waals surface area contributed by atoms with Crippen LogP contribution < -0.4 is 0 Å². The van der Waals surface area contributed by atoms with Crippen LogP contribution in [0.4, 0.5) is 0 Å². The zero-order chi connectivity index (χ0) is 13.9. The third kappa shape index (κ3) is 2.62. The molecule has 0 aliphatic rings. The van der Waals surface area contributed by atoms with Gasteiger partial charge in [-0.25, -0.2) is 0 Å². The Bertz CT molecular complexity index is 710. The van der Waals surface area contributed by atoms with Crippen molar-refractivity contribution in [1.29, 1.82) is 0 Å². The Labute approximate surface area is 119 Å². The minimum atomic E-state index is 1.04. The third-order valence-corrected chi connectivity index (χ3v) is 3.36. The van der Waals surface area contributed by atoms with Crippen molar-refractivity contribution in [3.8, 4) is 22.4 Å². The monoisotopic (exact) mass is 259 g/mol. The van der Waals surface area contributed by atoms with Crippen molar-refractivity contribution in [2.24, 2.45) is 0 Å². The van der Waals surface area contributed by atoms with Gasteiger partial charge in [-0.15, -0.1) is 0 Å². The molecule has 0 atom stereocenters. The number of aryl methyl sites for hydroxylation is 2. The van der Waals surface area contributed by atoms with E-state index in [9.17, 15) is 0 Å². The molecule has 1 nitrogen and oxygen atoms in total. The molecule has 3 aromatic rings. The zero-order valence-electron chi connectivity index (χ0n) is 11.8. The normalized spacial score (nSPS) is 10.5. The van der Waals surface area contributed by atoms with Gasteiger partial charge in [0.2, 0.25) is 0 Å². The topological polar surface area (TPSA) is 12.9 Å². The van der Waals surface area contributed by atoms with Gasteiger partial charge in [0.05, 0.1) is 5.69 Å². The van der Waals surface area contributed by atoms with E-state index in [2.05, 4.69) is 72.6 Å². The van der Waals surface area contributed by atoms with Gasteiger partial charge < -0.3 is 0 Å².